The minimum atomic E-state index is -3.69. The molecular formula is C12H17Cl2N3O2S. The predicted molar refractivity (Wildman–Crippen MR) is 81.7 cm³/mol. The van der Waals surface area contributed by atoms with E-state index in [1.807, 2.05) is 19.0 Å². The van der Waals surface area contributed by atoms with Crippen molar-refractivity contribution in [3.8, 4) is 0 Å². The Balaban J connectivity index is 2.38. The molecular weight excluding hydrogens is 321 g/mol. The zero-order chi connectivity index (χ0) is 15.1. The Hall–Kier alpha value is -0.530. The summed E-state index contributed by atoms with van der Waals surface area (Å²) in [4.78, 5) is 1.96. The monoisotopic (exact) mass is 337 g/mol. The van der Waals surface area contributed by atoms with Crippen LogP contribution in [0.2, 0.25) is 10.0 Å². The number of benzene rings is 1. The molecule has 1 heterocycles. The van der Waals surface area contributed by atoms with Crippen LogP contribution in [0.25, 0.3) is 0 Å². The fourth-order valence-electron chi connectivity index (χ4n) is 2.33. The Kier molecular flexibility index (Phi) is 4.51. The number of halogens is 2. The highest BCUT2D eigenvalue weighted by molar-refractivity contribution is 7.89. The zero-order valence-corrected chi connectivity index (χ0v) is 13.6. The van der Waals surface area contributed by atoms with Crippen molar-refractivity contribution in [2.24, 2.45) is 0 Å². The molecule has 1 fully saturated rings. The average molecular weight is 338 g/mol. The van der Waals surface area contributed by atoms with Gasteiger partial charge in [-0.3, -0.25) is 0 Å². The molecule has 1 aliphatic rings. The Bertz CT molecular complexity index is 596. The topological polar surface area (TPSA) is 66.6 Å². The van der Waals surface area contributed by atoms with Crippen LogP contribution < -0.4 is 5.73 Å². The van der Waals surface area contributed by atoms with Gasteiger partial charge in [-0.25, -0.2) is 8.42 Å². The lowest BCUT2D eigenvalue weighted by Crippen LogP contribution is -2.34. The van der Waals surface area contributed by atoms with E-state index in [2.05, 4.69) is 0 Å². The molecule has 8 heteroatoms. The maximum absolute atomic E-state index is 12.7. The Morgan fingerprint density at radius 3 is 2.50 bits per heavy atom. The van der Waals surface area contributed by atoms with E-state index in [4.69, 9.17) is 28.9 Å². The Labute approximate surface area is 129 Å². The molecule has 5 nitrogen and oxygen atoms in total. The van der Waals surface area contributed by atoms with Gasteiger partial charge in [0.25, 0.3) is 0 Å². The van der Waals surface area contributed by atoms with Gasteiger partial charge in [0, 0.05) is 24.2 Å². The molecule has 0 aliphatic carbocycles. The number of nitrogens with two attached hydrogens (primary N) is 1. The second-order valence-corrected chi connectivity index (χ2v) is 7.79. The first kappa shape index (κ1) is 15.9. The summed E-state index contributed by atoms with van der Waals surface area (Å²) in [6.45, 7) is 0.900. The SMILES string of the molecule is CN(C)C1CCN(S(=O)(=O)c2c(N)cc(Cl)cc2Cl)C1. The highest BCUT2D eigenvalue weighted by Gasteiger charge is 2.35. The molecule has 2 N–H and O–H groups in total. The minimum Gasteiger partial charge on any atom is -0.398 e. The summed E-state index contributed by atoms with van der Waals surface area (Å²) in [6, 6.07) is 3.00. The summed E-state index contributed by atoms with van der Waals surface area (Å²) in [5, 5.41) is 0.377. The van der Waals surface area contributed by atoms with Crippen molar-refractivity contribution in [2.75, 3.05) is 32.9 Å². The molecule has 0 amide bonds. The van der Waals surface area contributed by atoms with Crippen LogP contribution in [0.3, 0.4) is 0 Å². The largest absolute Gasteiger partial charge is 0.398 e. The van der Waals surface area contributed by atoms with Crippen molar-refractivity contribution in [2.45, 2.75) is 17.4 Å². The highest BCUT2D eigenvalue weighted by Crippen LogP contribution is 2.34. The lowest BCUT2D eigenvalue weighted by molar-refractivity contribution is 0.302. The molecule has 1 saturated heterocycles. The van der Waals surface area contributed by atoms with E-state index < -0.39 is 10.0 Å². The van der Waals surface area contributed by atoms with Crippen molar-refractivity contribution in [3.63, 3.8) is 0 Å². The lowest BCUT2D eigenvalue weighted by Gasteiger charge is -2.21. The Morgan fingerprint density at radius 1 is 1.35 bits per heavy atom. The quantitative estimate of drug-likeness (QED) is 0.855. The highest BCUT2D eigenvalue weighted by atomic mass is 35.5. The first-order valence-corrected chi connectivity index (χ1v) is 8.34. The molecule has 0 aromatic heterocycles. The Morgan fingerprint density at radius 2 is 2.00 bits per heavy atom. The summed E-state index contributed by atoms with van der Waals surface area (Å²) in [7, 11) is 0.178. The number of hydrogen-bond donors (Lipinski definition) is 1. The number of hydrogen-bond acceptors (Lipinski definition) is 4. The van der Waals surface area contributed by atoms with E-state index in [9.17, 15) is 8.42 Å². The van der Waals surface area contributed by atoms with Gasteiger partial charge in [0.1, 0.15) is 4.90 Å². The van der Waals surface area contributed by atoms with Crippen molar-refractivity contribution < 1.29 is 8.42 Å². The molecule has 2 rings (SSSR count). The number of anilines is 1. The summed E-state index contributed by atoms with van der Waals surface area (Å²) in [5.41, 5.74) is 5.86. The molecule has 1 atom stereocenters. The van der Waals surface area contributed by atoms with Gasteiger partial charge < -0.3 is 10.6 Å². The van der Waals surface area contributed by atoms with Gasteiger partial charge in [0.05, 0.1) is 10.7 Å². The molecule has 0 spiro atoms. The van der Waals surface area contributed by atoms with E-state index in [1.54, 1.807) is 0 Å². The molecule has 1 unspecified atom stereocenters. The van der Waals surface area contributed by atoms with Gasteiger partial charge in [-0.1, -0.05) is 23.2 Å². The second kappa shape index (κ2) is 5.69. The van der Waals surface area contributed by atoms with Gasteiger partial charge in [0.2, 0.25) is 10.0 Å². The van der Waals surface area contributed by atoms with E-state index >= 15 is 0 Å². The first-order valence-electron chi connectivity index (χ1n) is 6.14. The molecule has 20 heavy (non-hydrogen) atoms. The van der Waals surface area contributed by atoms with Crippen LogP contribution in [-0.4, -0.2) is 50.8 Å². The van der Waals surface area contributed by atoms with Crippen LogP contribution in [0.4, 0.5) is 5.69 Å². The molecule has 0 radical (unpaired) electrons. The van der Waals surface area contributed by atoms with Crippen molar-refractivity contribution in [3.05, 3.63) is 22.2 Å². The van der Waals surface area contributed by atoms with Crippen LogP contribution in [0.15, 0.2) is 17.0 Å². The van der Waals surface area contributed by atoms with Gasteiger partial charge in [-0.15, -0.1) is 0 Å². The molecule has 1 aromatic carbocycles. The third-order valence-corrected chi connectivity index (χ3v) is 6.10. The van der Waals surface area contributed by atoms with Crippen molar-refractivity contribution in [1.82, 2.24) is 9.21 Å². The second-order valence-electron chi connectivity index (χ2n) is 5.08. The van der Waals surface area contributed by atoms with E-state index in [-0.39, 0.29) is 21.6 Å². The molecule has 0 saturated carbocycles. The van der Waals surface area contributed by atoms with Gasteiger partial charge in [-0.05, 0) is 32.6 Å². The minimum absolute atomic E-state index is 0.0528. The fraction of sp³-hybridized carbons (Fsp3) is 0.500. The predicted octanol–water partition coefficient (Wildman–Crippen LogP) is 1.90. The number of nitrogen functional groups attached to an aromatic ring is 1. The number of likely N-dealkylation sites (N-methyl/N-ethyl adjacent to an activating group) is 1. The van der Waals surface area contributed by atoms with Gasteiger partial charge >= 0.3 is 0 Å². The lowest BCUT2D eigenvalue weighted by atomic mass is 10.2. The maximum Gasteiger partial charge on any atom is 0.246 e. The number of nitrogens with zero attached hydrogens (tertiary/aromatic N) is 2. The van der Waals surface area contributed by atoms with Crippen molar-refractivity contribution >= 4 is 38.9 Å². The summed E-state index contributed by atoms with van der Waals surface area (Å²) < 4.78 is 26.7. The smallest absolute Gasteiger partial charge is 0.246 e. The summed E-state index contributed by atoms with van der Waals surface area (Å²) in [6.07, 6.45) is 0.789. The standard InChI is InChI=1S/C12H17Cl2N3O2S/c1-16(2)9-3-4-17(7-9)20(18,19)12-10(14)5-8(13)6-11(12)15/h5-6,9H,3-4,7,15H2,1-2H3. The van der Waals surface area contributed by atoms with Crippen LogP contribution >= 0.6 is 23.2 Å². The van der Waals surface area contributed by atoms with Crippen LogP contribution in [0, 0.1) is 0 Å². The molecule has 1 aromatic rings. The first-order chi connectivity index (χ1) is 9.23. The third-order valence-electron chi connectivity index (χ3n) is 3.49. The van der Waals surface area contributed by atoms with E-state index in [0.717, 1.165) is 6.42 Å². The number of sulfonamides is 1. The molecule has 0 bridgehead atoms. The fourth-order valence-corrected chi connectivity index (χ4v) is 4.77. The van der Waals surface area contributed by atoms with E-state index in [0.29, 0.717) is 18.1 Å². The van der Waals surface area contributed by atoms with Crippen LogP contribution in [0.1, 0.15) is 6.42 Å². The number of rotatable bonds is 3. The maximum atomic E-state index is 12.7. The van der Waals surface area contributed by atoms with Crippen LogP contribution in [-0.2, 0) is 10.0 Å². The van der Waals surface area contributed by atoms with Crippen molar-refractivity contribution in [1.29, 1.82) is 0 Å². The van der Waals surface area contributed by atoms with Crippen LogP contribution in [0.5, 0.6) is 0 Å². The third kappa shape index (κ3) is 2.89. The molecule has 1 aliphatic heterocycles. The average Bonchev–Trinajstić information content (AvgIpc) is 2.76. The molecule has 112 valence electrons. The summed E-state index contributed by atoms with van der Waals surface area (Å²) in [5.74, 6) is 0. The van der Waals surface area contributed by atoms with Gasteiger partial charge in [0.15, 0.2) is 0 Å². The van der Waals surface area contributed by atoms with E-state index in [1.165, 1.54) is 16.4 Å². The summed E-state index contributed by atoms with van der Waals surface area (Å²) >= 11 is 11.8. The zero-order valence-electron chi connectivity index (χ0n) is 11.3. The van der Waals surface area contributed by atoms with Gasteiger partial charge in [-0.2, -0.15) is 4.31 Å². The normalized spacial score (nSPS) is 20.8.